The molecule has 3 nitrogen and oxygen atoms in total. The van der Waals surface area contributed by atoms with Gasteiger partial charge in [0.1, 0.15) is 17.1 Å². The smallest absolute Gasteiger partial charge is 0.129 e. The Bertz CT molecular complexity index is 598. The van der Waals surface area contributed by atoms with Gasteiger partial charge in [0.2, 0.25) is 0 Å². The van der Waals surface area contributed by atoms with E-state index in [1.807, 2.05) is 0 Å². The fourth-order valence-corrected chi connectivity index (χ4v) is 4.30. The van der Waals surface area contributed by atoms with Crippen LogP contribution < -0.4 is 4.74 Å². The second-order valence-corrected chi connectivity index (χ2v) is 7.84. The Labute approximate surface area is 140 Å². The molecular weight excluding hydrogens is 288 g/mol. The van der Waals surface area contributed by atoms with Crippen molar-refractivity contribution >= 4 is 0 Å². The van der Waals surface area contributed by atoms with Crippen molar-refractivity contribution < 1.29 is 14.6 Å². The SMILES string of the molecule is COCc1c2c(c(C(C)C)c(O)c1C(C)C)CCC1(CCC1)O2. The Morgan fingerprint density at radius 2 is 1.74 bits per heavy atom. The lowest BCUT2D eigenvalue weighted by atomic mass is 9.72. The second-order valence-electron chi connectivity index (χ2n) is 7.84. The van der Waals surface area contributed by atoms with Crippen LogP contribution in [0.2, 0.25) is 0 Å². The average Bonchev–Trinajstić information content (AvgIpc) is 2.44. The number of ether oxygens (including phenoxy) is 2. The number of rotatable bonds is 4. The molecule has 0 unspecified atom stereocenters. The van der Waals surface area contributed by atoms with E-state index in [4.69, 9.17) is 9.47 Å². The summed E-state index contributed by atoms with van der Waals surface area (Å²) >= 11 is 0. The third-order valence-electron chi connectivity index (χ3n) is 5.57. The Balaban J connectivity index is 2.23. The van der Waals surface area contributed by atoms with E-state index in [2.05, 4.69) is 27.7 Å². The highest BCUT2D eigenvalue weighted by Crippen LogP contribution is 2.52. The van der Waals surface area contributed by atoms with Gasteiger partial charge < -0.3 is 14.6 Å². The number of aromatic hydroxyl groups is 1. The fourth-order valence-electron chi connectivity index (χ4n) is 4.30. The van der Waals surface area contributed by atoms with Crippen LogP contribution >= 0.6 is 0 Å². The van der Waals surface area contributed by atoms with E-state index in [0.717, 1.165) is 48.1 Å². The third kappa shape index (κ3) is 2.63. The highest BCUT2D eigenvalue weighted by Gasteiger charge is 2.44. The third-order valence-corrected chi connectivity index (χ3v) is 5.57. The first-order chi connectivity index (χ1) is 10.9. The van der Waals surface area contributed by atoms with E-state index in [1.54, 1.807) is 7.11 Å². The van der Waals surface area contributed by atoms with Gasteiger partial charge in [0, 0.05) is 29.4 Å². The van der Waals surface area contributed by atoms with Crippen LogP contribution in [-0.4, -0.2) is 17.8 Å². The summed E-state index contributed by atoms with van der Waals surface area (Å²) in [6.45, 7) is 9.07. The van der Waals surface area contributed by atoms with Gasteiger partial charge in [0.15, 0.2) is 0 Å². The molecular formula is C20H30O3. The summed E-state index contributed by atoms with van der Waals surface area (Å²) < 4.78 is 12.1. The second kappa shape index (κ2) is 6.01. The molecule has 1 saturated carbocycles. The molecule has 0 amide bonds. The van der Waals surface area contributed by atoms with Gasteiger partial charge in [-0.3, -0.25) is 0 Å². The molecule has 1 spiro atoms. The molecule has 2 aliphatic rings. The molecule has 1 fully saturated rings. The molecule has 1 aromatic carbocycles. The lowest BCUT2D eigenvalue weighted by Gasteiger charge is -2.47. The van der Waals surface area contributed by atoms with Gasteiger partial charge in [0.25, 0.3) is 0 Å². The van der Waals surface area contributed by atoms with Crippen LogP contribution in [0.4, 0.5) is 0 Å². The minimum atomic E-state index is 0.0506. The molecule has 1 N–H and O–H groups in total. The molecule has 3 heteroatoms. The number of hydrogen-bond acceptors (Lipinski definition) is 3. The van der Waals surface area contributed by atoms with E-state index in [9.17, 15) is 5.11 Å². The number of methoxy groups -OCH3 is 1. The maximum Gasteiger partial charge on any atom is 0.129 e. The fraction of sp³-hybridized carbons (Fsp3) is 0.700. The van der Waals surface area contributed by atoms with Crippen molar-refractivity contribution in [2.24, 2.45) is 0 Å². The highest BCUT2D eigenvalue weighted by atomic mass is 16.5. The van der Waals surface area contributed by atoms with Gasteiger partial charge in [0.05, 0.1) is 6.61 Å². The molecule has 0 atom stereocenters. The van der Waals surface area contributed by atoms with Crippen molar-refractivity contribution in [3.8, 4) is 11.5 Å². The first-order valence-corrected chi connectivity index (χ1v) is 8.98. The quantitative estimate of drug-likeness (QED) is 0.846. The number of phenolic OH excluding ortho intramolecular Hbond substituents is 1. The van der Waals surface area contributed by atoms with Crippen molar-refractivity contribution in [2.45, 2.75) is 83.8 Å². The summed E-state index contributed by atoms with van der Waals surface area (Å²) in [5.41, 5.74) is 4.41. The molecule has 1 aliphatic heterocycles. The zero-order valence-electron chi connectivity index (χ0n) is 15.2. The predicted octanol–water partition coefficient (Wildman–Crippen LogP) is 5.03. The summed E-state index contributed by atoms with van der Waals surface area (Å²) in [4.78, 5) is 0. The van der Waals surface area contributed by atoms with Gasteiger partial charge in [-0.1, -0.05) is 27.7 Å². The minimum absolute atomic E-state index is 0.0506. The van der Waals surface area contributed by atoms with Crippen LogP contribution in [0.5, 0.6) is 11.5 Å². The van der Waals surface area contributed by atoms with Gasteiger partial charge >= 0.3 is 0 Å². The Hall–Kier alpha value is -1.22. The lowest BCUT2D eigenvalue weighted by molar-refractivity contribution is -0.0273. The maximum atomic E-state index is 11.0. The topological polar surface area (TPSA) is 38.7 Å². The maximum absolute atomic E-state index is 11.0. The first-order valence-electron chi connectivity index (χ1n) is 8.98. The van der Waals surface area contributed by atoms with Crippen LogP contribution in [-0.2, 0) is 17.8 Å². The molecule has 0 aromatic heterocycles. The summed E-state index contributed by atoms with van der Waals surface area (Å²) in [5, 5.41) is 11.0. The van der Waals surface area contributed by atoms with E-state index in [1.165, 1.54) is 12.0 Å². The van der Waals surface area contributed by atoms with E-state index in [0.29, 0.717) is 12.4 Å². The summed E-state index contributed by atoms with van der Waals surface area (Å²) in [6, 6.07) is 0. The highest BCUT2D eigenvalue weighted by molar-refractivity contribution is 5.61. The van der Waals surface area contributed by atoms with Gasteiger partial charge in [-0.15, -0.1) is 0 Å². The lowest BCUT2D eigenvalue weighted by Crippen LogP contribution is -2.46. The van der Waals surface area contributed by atoms with Crippen molar-refractivity contribution in [3.63, 3.8) is 0 Å². The molecule has 1 aromatic rings. The minimum Gasteiger partial charge on any atom is -0.507 e. The van der Waals surface area contributed by atoms with E-state index < -0.39 is 0 Å². The van der Waals surface area contributed by atoms with E-state index >= 15 is 0 Å². The number of fused-ring (bicyclic) bond motifs is 1. The predicted molar refractivity (Wildman–Crippen MR) is 92.5 cm³/mol. The van der Waals surface area contributed by atoms with Crippen LogP contribution in [0.3, 0.4) is 0 Å². The normalized spacial score (nSPS) is 18.9. The molecule has 128 valence electrons. The van der Waals surface area contributed by atoms with Crippen LogP contribution in [0.25, 0.3) is 0 Å². The van der Waals surface area contributed by atoms with Crippen LogP contribution in [0.1, 0.15) is 87.5 Å². The van der Waals surface area contributed by atoms with Crippen molar-refractivity contribution in [1.29, 1.82) is 0 Å². The van der Waals surface area contributed by atoms with Gasteiger partial charge in [-0.2, -0.15) is 0 Å². The largest absolute Gasteiger partial charge is 0.507 e. The first kappa shape index (κ1) is 16.6. The number of benzene rings is 1. The van der Waals surface area contributed by atoms with Crippen molar-refractivity contribution in [3.05, 3.63) is 22.3 Å². The molecule has 0 saturated heterocycles. The van der Waals surface area contributed by atoms with E-state index in [-0.39, 0.29) is 17.4 Å². The zero-order chi connectivity index (χ0) is 16.8. The van der Waals surface area contributed by atoms with Gasteiger partial charge in [-0.25, -0.2) is 0 Å². The Kier molecular flexibility index (Phi) is 4.35. The molecule has 1 heterocycles. The molecule has 0 radical (unpaired) electrons. The molecule has 23 heavy (non-hydrogen) atoms. The summed E-state index contributed by atoms with van der Waals surface area (Å²) in [5.74, 6) is 2.01. The summed E-state index contributed by atoms with van der Waals surface area (Å²) in [6.07, 6.45) is 5.67. The number of phenols is 1. The average molecular weight is 318 g/mol. The zero-order valence-corrected chi connectivity index (χ0v) is 15.2. The van der Waals surface area contributed by atoms with Crippen molar-refractivity contribution in [1.82, 2.24) is 0 Å². The molecule has 1 aliphatic carbocycles. The summed E-state index contributed by atoms with van der Waals surface area (Å²) in [7, 11) is 1.71. The number of hydrogen-bond donors (Lipinski definition) is 1. The van der Waals surface area contributed by atoms with Crippen LogP contribution in [0.15, 0.2) is 0 Å². The van der Waals surface area contributed by atoms with Crippen LogP contribution in [0, 0.1) is 0 Å². The standard InChI is InChI=1S/C20H30O3/c1-12(2)16-14-7-10-20(8-6-9-20)23-19(14)15(11-22-5)17(13(3)4)18(16)21/h12-13,21H,6-11H2,1-5H3. The van der Waals surface area contributed by atoms with Gasteiger partial charge in [-0.05, 0) is 43.9 Å². The Morgan fingerprint density at radius 1 is 1.09 bits per heavy atom. The molecule has 3 rings (SSSR count). The Morgan fingerprint density at radius 3 is 2.22 bits per heavy atom. The monoisotopic (exact) mass is 318 g/mol. The van der Waals surface area contributed by atoms with Crippen molar-refractivity contribution in [2.75, 3.05) is 7.11 Å². The molecule has 0 bridgehead atoms.